The molecule has 0 saturated carbocycles. The van der Waals surface area contributed by atoms with Gasteiger partial charge in [0.1, 0.15) is 11.5 Å². The molecule has 3 aliphatic rings. The molecule has 4 heteroatoms. The molecular weight excluding hydrogens is 398 g/mol. The Bertz CT molecular complexity index is 1380. The molecule has 0 bridgehead atoms. The molecule has 0 unspecified atom stereocenters. The van der Waals surface area contributed by atoms with E-state index >= 15 is 0 Å². The summed E-state index contributed by atoms with van der Waals surface area (Å²) in [6.45, 7) is 0.840. The van der Waals surface area contributed by atoms with Gasteiger partial charge in [-0.2, -0.15) is 0 Å². The molecule has 7 rings (SSSR count). The number of hydrogen-bond acceptors (Lipinski definition) is 4. The van der Waals surface area contributed by atoms with Crippen LogP contribution in [0.15, 0.2) is 91.0 Å². The van der Waals surface area contributed by atoms with Crippen molar-refractivity contribution >= 4 is 17.3 Å². The van der Waals surface area contributed by atoms with Crippen molar-refractivity contribution in [2.24, 2.45) is 0 Å². The molecule has 4 aromatic carbocycles. The van der Waals surface area contributed by atoms with Crippen LogP contribution in [-0.2, 0) is 16.8 Å². The van der Waals surface area contributed by atoms with Gasteiger partial charge in [0.05, 0.1) is 11.3 Å². The minimum Gasteiger partial charge on any atom is -0.456 e. The lowest BCUT2D eigenvalue weighted by Gasteiger charge is -2.36. The topological polar surface area (TPSA) is 38.8 Å². The summed E-state index contributed by atoms with van der Waals surface area (Å²) in [7, 11) is 0. The average molecular weight is 417 g/mol. The van der Waals surface area contributed by atoms with Crippen molar-refractivity contribution in [2.75, 3.05) is 11.4 Å². The van der Waals surface area contributed by atoms with Gasteiger partial charge in [-0.25, -0.2) is 4.79 Å². The van der Waals surface area contributed by atoms with Crippen molar-refractivity contribution in [1.29, 1.82) is 0 Å². The zero-order valence-corrected chi connectivity index (χ0v) is 17.2. The first-order chi connectivity index (χ1) is 15.8. The van der Waals surface area contributed by atoms with Gasteiger partial charge in [-0.15, -0.1) is 0 Å². The van der Waals surface area contributed by atoms with Crippen LogP contribution in [-0.4, -0.2) is 12.5 Å². The number of rotatable bonds is 1. The molecule has 0 atom stereocenters. The molecular formula is C28H19NO3. The Balaban J connectivity index is 1.51. The largest absolute Gasteiger partial charge is 0.456 e. The highest BCUT2D eigenvalue weighted by molar-refractivity contribution is 6.03. The van der Waals surface area contributed by atoms with E-state index in [4.69, 9.17) is 9.47 Å². The highest BCUT2D eigenvalue weighted by atomic mass is 16.6. The molecule has 4 nitrogen and oxygen atoms in total. The summed E-state index contributed by atoms with van der Waals surface area (Å²) in [4.78, 5) is 15.8. The van der Waals surface area contributed by atoms with Gasteiger partial charge >= 0.3 is 5.97 Å². The van der Waals surface area contributed by atoms with E-state index < -0.39 is 5.60 Å². The third-order valence-corrected chi connectivity index (χ3v) is 6.80. The number of fused-ring (bicyclic) bond motifs is 7. The average Bonchev–Trinajstić information content (AvgIpc) is 3.39. The highest BCUT2D eigenvalue weighted by Crippen LogP contribution is 2.57. The number of nitrogens with zero attached hydrogens (tertiary/aromatic N) is 1. The number of carbonyl (C=O) groups is 1. The Kier molecular flexibility index (Phi) is 3.43. The molecule has 0 N–H and O–H groups in total. The van der Waals surface area contributed by atoms with Crippen LogP contribution in [0.3, 0.4) is 0 Å². The number of esters is 1. The summed E-state index contributed by atoms with van der Waals surface area (Å²) in [6.07, 6.45) is 0.958. The zero-order chi connectivity index (χ0) is 21.3. The summed E-state index contributed by atoms with van der Waals surface area (Å²) in [5, 5.41) is 0. The minimum atomic E-state index is -1.02. The predicted octanol–water partition coefficient (Wildman–Crippen LogP) is 5.95. The minimum absolute atomic E-state index is 0.300. The Morgan fingerprint density at radius 1 is 0.688 bits per heavy atom. The van der Waals surface area contributed by atoms with E-state index in [0.717, 1.165) is 41.0 Å². The lowest BCUT2D eigenvalue weighted by Crippen LogP contribution is -2.32. The Hall–Kier alpha value is -4.05. The summed E-state index contributed by atoms with van der Waals surface area (Å²) < 4.78 is 12.5. The van der Waals surface area contributed by atoms with Crippen molar-refractivity contribution in [3.63, 3.8) is 0 Å². The fourth-order valence-corrected chi connectivity index (χ4v) is 5.46. The van der Waals surface area contributed by atoms with Crippen LogP contribution in [0, 0.1) is 0 Å². The molecule has 0 aliphatic carbocycles. The first kappa shape index (κ1) is 17.6. The number of hydrogen-bond donors (Lipinski definition) is 0. The second kappa shape index (κ2) is 6.24. The van der Waals surface area contributed by atoms with Gasteiger partial charge in [-0.1, -0.05) is 66.7 Å². The van der Waals surface area contributed by atoms with E-state index in [9.17, 15) is 4.79 Å². The predicted molar refractivity (Wildman–Crippen MR) is 122 cm³/mol. The quantitative estimate of drug-likeness (QED) is 0.359. The van der Waals surface area contributed by atoms with Crippen LogP contribution < -0.4 is 9.64 Å². The molecule has 1 spiro atoms. The van der Waals surface area contributed by atoms with Gasteiger partial charge in [-0.05, 0) is 36.2 Å². The van der Waals surface area contributed by atoms with Gasteiger partial charge in [0.2, 0.25) is 0 Å². The van der Waals surface area contributed by atoms with Gasteiger partial charge < -0.3 is 14.4 Å². The second-order valence-corrected chi connectivity index (χ2v) is 8.40. The molecule has 3 aliphatic heterocycles. The molecule has 0 saturated heterocycles. The molecule has 4 aromatic rings. The Morgan fingerprint density at radius 3 is 2.09 bits per heavy atom. The summed E-state index contributed by atoms with van der Waals surface area (Å²) in [6, 6.07) is 30.1. The maximum absolute atomic E-state index is 13.6. The lowest BCUT2D eigenvalue weighted by atomic mass is 9.77. The fourth-order valence-electron chi connectivity index (χ4n) is 5.46. The van der Waals surface area contributed by atoms with Crippen LogP contribution >= 0.6 is 0 Å². The Morgan fingerprint density at radius 2 is 1.31 bits per heavy atom. The normalized spacial score (nSPS) is 16.6. The zero-order valence-electron chi connectivity index (χ0n) is 17.2. The second-order valence-electron chi connectivity index (χ2n) is 8.40. The van der Waals surface area contributed by atoms with E-state index in [0.29, 0.717) is 17.1 Å². The highest BCUT2D eigenvalue weighted by Gasteiger charge is 2.54. The monoisotopic (exact) mass is 417 g/mol. The summed E-state index contributed by atoms with van der Waals surface area (Å²) in [5.74, 6) is 1.12. The van der Waals surface area contributed by atoms with Crippen LogP contribution in [0.5, 0.6) is 11.5 Å². The first-order valence-electron chi connectivity index (χ1n) is 10.9. The van der Waals surface area contributed by atoms with Crippen molar-refractivity contribution in [2.45, 2.75) is 12.0 Å². The number of para-hydroxylation sites is 3. The number of benzene rings is 4. The third kappa shape index (κ3) is 2.14. The lowest BCUT2D eigenvalue weighted by molar-refractivity contribution is 0.0225. The number of ether oxygens (including phenoxy) is 2. The van der Waals surface area contributed by atoms with Crippen LogP contribution in [0.1, 0.15) is 32.6 Å². The molecule has 154 valence electrons. The summed E-state index contributed by atoms with van der Waals surface area (Å²) >= 11 is 0. The van der Waals surface area contributed by atoms with Crippen LogP contribution in [0.2, 0.25) is 0 Å². The van der Waals surface area contributed by atoms with Crippen LogP contribution in [0.4, 0.5) is 11.4 Å². The van der Waals surface area contributed by atoms with E-state index in [1.54, 1.807) is 0 Å². The Labute approximate surface area is 185 Å². The molecule has 0 fully saturated rings. The number of carbonyl (C=O) groups excluding carboxylic acids is 1. The molecule has 0 aromatic heterocycles. The maximum atomic E-state index is 13.6. The first-order valence-corrected chi connectivity index (χ1v) is 10.9. The molecule has 32 heavy (non-hydrogen) atoms. The summed E-state index contributed by atoms with van der Waals surface area (Å²) in [5.41, 5.74) is 5.54. The molecule has 3 heterocycles. The van der Waals surface area contributed by atoms with E-state index in [2.05, 4.69) is 23.1 Å². The van der Waals surface area contributed by atoms with Crippen molar-refractivity contribution in [1.82, 2.24) is 0 Å². The van der Waals surface area contributed by atoms with Crippen LogP contribution in [0.25, 0.3) is 0 Å². The van der Waals surface area contributed by atoms with Crippen molar-refractivity contribution in [3.05, 3.63) is 119 Å². The fraction of sp³-hybridized carbons (Fsp3) is 0.107. The van der Waals surface area contributed by atoms with Gasteiger partial charge in [0.25, 0.3) is 0 Å². The smallest absolute Gasteiger partial charge is 0.342 e. The van der Waals surface area contributed by atoms with E-state index in [-0.39, 0.29) is 5.97 Å². The third-order valence-electron chi connectivity index (χ3n) is 6.80. The SMILES string of the molecule is O=C1OC2(c3ccccc3Oc3ccccc32)c2cccc(N3CCc4ccccc43)c21. The van der Waals surface area contributed by atoms with Gasteiger partial charge in [0.15, 0.2) is 5.60 Å². The van der Waals surface area contributed by atoms with Gasteiger partial charge in [-0.3, -0.25) is 0 Å². The van der Waals surface area contributed by atoms with Crippen molar-refractivity contribution < 1.29 is 14.3 Å². The van der Waals surface area contributed by atoms with E-state index in [1.807, 2.05) is 72.8 Å². The number of anilines is 2. The van der Waals surface area contributed by atoms with E-state index in [1.165, 1.54) is 5.56 Å². The van der Waals surface area contributed by atoms with Gasteiger partial charge in [0, 0.05) is 28.9 Å². The standard InChI is InChI=1S/C28H19NO3/c30-27-26-21(11-7-13-23(26)29-17-16-18-8-1-4-12-22(18)29)28(32-27)19-9-2-5-14-24(19)31-25-15-6-3-10-20(25)28/h1-15H,16-17H2. The molecule has 0 amide bonds. The maximum Gasteiger partial charge on any atom is 0.342 e. The molecule has 0 radical (unpaired) electrons. The van der Waals surface area contributed by atoms with Crippen molar-refractivity contribution in [3.8, 4) is 11.5 Å².